The van der Waals surface area contributed by atoms with Gasteiger partial charge in [-0.15, -0.1) is 0 Å². The fourth-order valence-electron chi connectivity index (χ4n) is 5.18. The summed E-state index contributed by atoms with van der Waals surface area (Å²) < 4.78 is 7.27. The number of nitrogens with one attached hydrogen (secondary N) is 1. The number of ether oxygens (including phenoxy) is 1. The maximum Gasteiger partial charge on any atom is 0.262 e. The van der Waals surface area contributed by atoms with Gasteiger partial charge >= 0.3 is 0 Å². The maximum absolute atomic E-state index is 14.0. The van der Waals surface area contributed by atoms with Crippen molar-refractivity contribution in [3.05, 3.63) is 99.7 Å². The van der Waals surface area contributed by atoms with E-state index in [1.807, 2.05) is 58.1 Å². The first-order valence-electron chi connectivity index (χ1n) is 12.2. The lowest BCUT2D eigenvalue weighted by Crippen LogP contribution is -2.38. The molecule has 0 atom stereocenters. The predicted octanol–water partition coefficient (Wildman–Crippen LogP) is 5.11. The first-order valence-corrected chi connectivity index (χ1v) is 12.6. The minimum Gasteiger partial charge on any atom is -0.497 e. The average Bonchev–Trinajstić information content (AvgIpc) is 3.28. The van der Waals surface area contributed by atoms with Crippen LogP contribution in [0.15, 0.2) is 66.7 Å². The van der Waals surface area contributed by atoms with Crippen LogP contribution in [0.4, 0.5) is 5.69 Å². The van der Waals surface area contributed by atoms with Gasteiger partial charge in [-0.3, -0.25) is 9.48 Å². The minimum atomic E-state index is -0.0177. The lowest BCUT2D eigenvalue weighted by atomic mass is 9.97. The molecule has 0 fully saturated rings. The van der Waals surface area contributed by atoms with E-state index in [1.54, 1.807) is 7.11 Å². The molecule has 0 saturated carbocycles. The monoisotopic (exact) mass is 498 g/mol. The molecule has 1 N–H and O–H groups in total. The molecule has 36 heavy (non-hydrogen) atoms. The van der Waals surface area contributed by atoms with Gasteiger partial charge in [0.25, 0.3) is 5.91 Å². The van der Waals surface area contributed by atoms with Crippen molar-refractivity contribution in [3.8, 4) is 17.0 Å². The van der Waals surface area contributed by atoms with Crippen molar-refractivity contribution in [2.45, 2.75) is 25.9 Å². The number of halogens is 1. The zero-order valence-corrected chi connectivity index (χ0v) is 20.9. The van der Waals surface area contributed by atoms with E-state index in [4.69, 9.17) is 21.4 Å². The molecule has 2 aliphatic rings. The van der Waals surface area contributed by atoms with Gasteiger partial charge in [0.2, 0.25) is 0 Å². The summed E-state index contributed by atoms with van der Waals surface area (Å²) in [6.07, 6.45) is 1.74. The molecule has 3 aromatic carbocycles. The number of rotatable bonds is 5. The molecule has 2 aliphatic heterocycles. The summed E-state index contributed by atoms with van der Waals surface area (Å²) in [5.74, 6) is 0.794. The molecule has 182 valence electrons. The van der Waals surface area contributed by atoms with Crippen LogP contribution in [-0.2, 0) is 25.9 Å². The molecule has 0 radical (unpaired) electrons. The van der Waals surface area contributed by atoms with Crippen molar-refractivity contribution in [1.82, 2.24) is 15.1 Å². The molecule has 0 unspecified atom stereocenters. The highest BCUT2D eigenvalue weighted by Crippen LogP contribution is 2.34. The summed E-state index contributed by atoms with van der Waals surface area (Å²) in [7, 11) is 1.66. The van der Waals surface area contributed by atoms with Gasteiger partial charge in [0, 0.05) is 35.8 Å². The number of fused-ring (bicyclic) bond motifs is 2. The zero-order chi connectivity index (χ0) is 24.6. The molecule has 3 heterocycles. The van der Waals surface area contributed by atoms with Gasteiger partial charge in [-0.05, 0) is 66.1 Å². The Morgan fingerprint density at radius 1 is 1.03 bits per heavy atom. The van der Waals surface area contributed by atoms with E-state index in [0.29, 0.717) is 29.4 Å². The van der Waals surface area contributed by atoms with Gasteiger partial charge in [-0.1, -0.05) is 41.9 Å². The number of amides is 1. The molecular weight excluding hydrogens is 472 g/mol. The molecule has 6 rings (SSSR count). The third kappa shape index (κ3) is 4.16. The van der Waals surface area contributed by atoms with Crippen LogP contribution < -0.4 is 15.0 Å². The van der Waals surface area contributed by atoms with E-state index in [9.17, 15) is 4.79 Å². The molecule has 4 aromatic rings. The van der Waals surface area contributed by atoms with Gasteiger partial charge in [0.15, 0.2) is 0 Å². The Balaban J connectivity index is 1.41. The summed E-state index contributed by atoms with van der Waals surface area (Å²) in [4.78, 5) is 15.9. The van der Waals surface area contributed by atoms with Crippen molar-refractivity contribution >= 4 is 23.2 Å². The lowest BCUT2D eigenvalue weighted by molar-refractivity contribution is 0.0980. The van der Waals surface area contributed by atoms with Gasteiger partial charge in [0.1, 0.15) is 11.4 Å². The van der Waals surface area contributed by atoms with Gasteiger partial charge in [-0.25, -0.2) is 0 Å². The van der Waals surface area contributed by atoms with E-state index in [1.165, 1.54) is 11.1 Å². The van der Waals surface area contributed by atoms with E-state index in [2.05, 4.69) is 23.5 Å². The average molecular weight is 499 g/mol. The number of nitrogens with zero attached hydrogens (tertiary/aromatic N) is 3. The van der Waals surface area contributed by atoms with Crippen LogP contribution in [0.2, 0.25) is 5.02 Å². The fourth-order valence-corrected chi connectivity index (χ4v) is 5.37. The molecule has 6 nitrogen and oxygen atoms in total. The second-order valence-corrected chi connectivity index (χ2v) is 9.71. The van der Waals surface area contributed by atoms with E-state index < -0.39 is 0 Å². The summed E-state index contributed by atoms with van der Waals surface area (Å²) in [5, 5.41) is 9.01. The van der Waals surface area contributed by atoms with Crippen LogP contribution >= 0.6 is 11.6 Å². The van der Waals surface area contributed by atoms with Crippen molar-refractivity contribution in [2.24, 2.45) is 0 Å². The third-order valence-electron chi connectivity index (χ3n) is 7.07. The van der Waals surface area contributed by atoms with Crippen molar-refractivity contribution in [1.29, 1.82) is 0 Å². The Morgan fingerprint density at radius 3 is 2.69 bits per heavy atom. The number of carbonyl (C=O) groups excluding carboxylic acids is 1. The first kappa shape index (κ1) is 22.8. The zero-order valence-electron chi connectivity index (χ0n) is 20.1. The van der Waals surface area contributed by atoms with E-state index in [-0.39, 0.29) is 5.91 Å². The van der Waals surface area contributed by atoms with Gasteiger partial charge < -0.3 is 15.0 Å². The van der Waals surface area contributed by atoms with E-state index >= 15 is 0 Å². The number of methoxy groups -OCH3 is 1. The number of benzene rings is 3. The molecule has 1 aromatic heterocycles. The van der Waals surface area contributed by atoms with Crippen molar-refractivity contribution < 1.29 is 9.53 Å². The van der Waals surface area contributed by atoms with Crippen LogP contribution in [0.1, 0.15) is 32.7 Å². The number of hydrogen-bond acceptors (Lipinski definition) is 4. The molecule has 0 spiro atoms. The number of hydrogen-bond donors (Lipinski definition) is 1. The van der Waals surface area contributed by atoms with Crippen LogP contribution in [0.5, 0.6) is 5.75 Å². The lowest BCUT2D eigenvalue weighted by Gasteiger charge is -2.29. The minimum absolute atomic E-state index is 0.0177. The molecule has 0 aliphatic carbocycles. The highest BCUT2D eigenvalue weighted by Gasteiger charge is 2.33. The van der Waals surface area contributed by atoms with Crippen molar-refractivity contribution in [3.63, 3.8) is 0 Å². The summed E-state index contributed by atoms with van der Waals surface area (Å²) in [6.45, 7) is 3.02. The fraction of sp³-hybridized carbons (Fsp3) is 0.241. The molecule has 0 bridgehead atoms. The second-order valence-electron chi connectivity index (χ2n) is 9.27. The third-order valence-corrected chi connectivity index (χ3v) is 7.30. The Bertz CT molecular complexity index is 1440. The summed E-state index contributed by atoms with van der Waals surface area (Å²) >= 11 is 6.32. The Morgan fingerprint density at radius 2 is 1.89 bits per heavy atom. The van der Waals surface area contributed by atoms with Crippen LogP contribution in [0.25, 0.3) is 11.3 Å². The van der Waals surface area contributed by atoms with Crippen LogP contribution in [0.3, 0.4) is 0 Å². The highest BCUT2D eigenvalue weighted by atomic mass is 35.5. The SMILES string of the molecule is COc1ccc(Cn2nc(-c3cccc(Cl)c3)c3c2CCN(c2ccc4c(c2)CNCC4)C3=O)cc1. The first-order chi connectivity index (χ1) is 17.6. The summed E-state index contributed by atoms with van der Waals surface area (Å²) in [5.41, 5.74) is 7.79. The quantitative estimate of drug-likeness (QED) is 0.415. The highest BCUT2D eigenvalue weighted by molar-refractivity contribution is 6.30. The topological polar surface area (TPSA) is 59.4 Å². The predicted molar refractivity (Wildman–Crippen MR) is 142 cm³/mol. The van der Waals surface area contributed by atoms with Crippen LogP contribution in [-0.4, -0.2) is 35.9 Å². The normalized spacial score (nSPS) is 14.9. The number of aromatic nitrogens is 2. The largest absolute Gasteiger partial charge is 0.497 e. The molecule has 1 amide bonds. The molecular formula is C29H27ClN4O2. The standard InChI is InChI=1S/C29H27ClN4O2/c1-36-25-9-5-19(6-10-25)18-34-26-12-14-33(24-8-7-20-11-13-31-17-22(20)16-24)29(35)27(26)28(32-34)21-3-2-4-23(30)15-21/h2-10,15-16,31H,11-14,17-18H2,1H3. The molecule has 7 heteroatoms. The van der Waals surface area contributed by atoms with E-state index in [0.717, 1.165) is 54.2 Å². The Kier molecular flexibility index (Phi) is 5.99. The summed E-state index contributed by atoms with van der Waals surface area (Å²) in [6, 6.07) is 21.9. The number of anilines is 1. The maximum atomic E-state index is 14.0. The Labute approximate surface area is 215 Å². The van der Waals surface area contributed by atoms with Crippen LogP contribution in [0, 0.1) is 0 Å². The number of carbonyl (C=O) groups is 1. The second kappa shape index (κ2) is 9.45. The van der Waals surface area contributed by atoms with Crippen molar-refractivity contribution in [2.75, 3.05) is 25.1 Å². The molecule has 0 saturated heterocycles. The van der Waals surface area contributed by atoms with Gasteiger partial charge in [0.05, 0.1) is 24.9 Å². The smallest absolute Gasteiger partial charge is 0.262 e. The van der Waals surface area contributed by atoms with Gasteiger partial charge in [-0.2, -0.15) is 5.10 Å². The Hall–Kier alpha value is -3.61.